The van der Waals surface area contributed by atoms with Crippen LogP contribution < -0.4 is 11.3 Å². The summed E-state index contributed by atoms with van der Waals surface area (Å²) in [5.74, 6) is -1.04. The average Bonchev–Trinajstić information content (AvgIpc) is 3.28. The van der Waals surface area contributed by atoms with Crippen LogP contribution in [0.4, 0.5) is 4.39 Å². The molecule has 5 aromatic rings. The van der Waals surface area contributed by atoms with Crippen LogP contribution in [0.3, 0.4) is 0 Å². The SMILES string of the molecule is Cn1ncc2c3[nH]n(-c4cccc(F)c4)c(=O)c3c(-c3cccc(C(N)=O)c3)nc21. The number of primary amides is 1. The summed E-state index contributed by atoms with van der Waals surface area (Å²) in [6, 6.07) is 12.3. The number of hydrogen-bond acceptors (Lipinski definition) is 4. The van der Waals surface area contributed by atoms with Crippen LogP contribution in [0, 0.1) is 5.82 Å². The first kappa shape index (κ1) is 17.8. The number of benzene rings is 2. The van der Waals surface area contributed by atoms with Crippen molar-refractivity contribution in [2.45, 2.75) is 0 Å². The second-order valence-electron chi connectivity index (χ2n) is 6.89. The first-order valence-electron chi connectivity index (χ1n) is 9.06. The number of pyridine rings is 1. The summed E-state index contributed by atoms with van der Waals surface area (Å²) in [5.41, 5.74) is 7.67. The van der Waals surface area contributed by atoms with E-state index in [0.29, 0.717) is 44.4 Å². The van der Waals surface area contributed by atoms with E-state index in [1.165, 1.54) is 22.9 Å². The van der Waals surface area contributed by atoms with Crippen molar-refractivity contribution in [3.05, 3.63) is 76.5 Å². The number of nitrogens with zero attached hydrogens (tertiary/aromatic N) is 4. The van der Waals surface area contributed by atoms with E-state index in [1.807, 2.05) is 0 Å². The maximum atomic E-state index is 13.8. The van der Waals surface area contributed by atoms with Crippen LogP contribution in [0.15, 0.2) is 59.5 Å². The van der Waals surface area contributed by atoms with E-state index in [1.54, 1.807) is 48.3 Å². The summed E-state index contributed by atoms with van der Waals surface area (Å²) in [4.78, 5) is 29.7. The molecule has 148 valence electrons. The number of aryl methyl sites for hydroxylation is 1. The monoisotopic (exact) mass is 402 g/mol. The zero-order valence-electron chi connectivity index (χ0n) is 15.8. The zero-order valence-corrected chi connectivity index (χ0v) is 15.8. The summed E-state index contributed by atoms with van der Waals surface area (Å²) in [7, 11) is 1.74. The van der Waals surface area contributed by atoms with Crippen molar-refractivity contribution in [1.29, 1.82) is 0 Å². The molecule has 3 N–H and O–H groups in total. The van der Waals surface area contributed by atoms with Gasteiger partial charge in [0.05, 0.1) is 33.9 Å². The molecule has 0 saturated carbocycles. The summed E-state index contributed by atoms with van der Waals surface area (Å²) in [6.45, 7) is 0. The fourth-order valence-corrected chi connectivity index (χ4v) is 3.58. The molecule has 0 saturated heterocycles. The van der Waals surface area contributed by atoms with Gasteiger partial charge in [-0.25, -0.2) is 14.1 Å². The Balaban J connectivity index is 1.90. The molecule has 30 heavy (non-hydrogen) atoms. The lowest BCUT2D eigenvalue weighted by Crippen LogP contribution is -2.15. The lowest BCUT2D eigenvalue weighted by molar-refractivity contribution is 0.100. The Hall–Kier alpha value is -4.27. The molecular formula is C21H15FN6O2. The zero-order chi connectivity index (χ0) is 21.0. The highest BCUT2D eigenvalue weighted by atomic mass is 19.1. The number of aromatic nitrogens is 5. The van der Waals surface area contributed by atoms with Crippen molar-refractivity contribution < 1.29 is 9.18 Å². The van der Waals surface area contributed by atoms with Crippen molar-refractivity contribution >= 4 is 27.8 Å². The first-order chi connectivity index (χ1) is 14.4. The van der Waals surface area contributed by atoms with Gasteiger partial charge in [0.25, 0.3) is 5.56 Å². The smallest absolute Gasteiger partial charge is 0.281 e. The third-order valence-electron chi connectivity index (χ3n) is 5.01. The predicted molar refractivity (Wildman–Crippen MR) is 110 cm³/mol. The number of nitrogens with two attached hydrogens (primary N) is 1. The number of nitrogens with one attached hydrogen (secondary N) is 1. The lowest BCUT2D eigenvalue weighted by Gasteiger charge is -2.05. The number of hydrogen-bond donors (Lipinski definition) is 2. The van der Waals surface area contributed by atoms with Gasteiger partial charge in [-0.05, 0) is 30.3 Å². The van der Waals surface area contributed by atoms with E-state index >= 15 is 0 Å². The molecule has 0 aliphatic heterocycles. The van der Waals surface area contributed by atoms with Gasteiger partial charge in [-0.15, -0.1) is 0 Å². The number of aromatic amines is 1. The molecule has 0 spiro atoms. The van der Waals surface area contributed by atoms with E-state index in [2.05, 4.69) is 15.2 Å². The molecule has 0 atom stereocenters. The van der Waals surface area contributed by atoms with E-state index in [0.717, 1.165) is 0 Å². The van der Waals surface area contributed by atoms with Gasteiger partial charge < -0.3 is 5.73 Å². The van der Waals surface area contributed by atoms with Crippen LogP contribution in [0.25, 0.3) is 38.9 Å². The quantitative estimate of drug-likeness (QED) is 0.483. The number of rotatable bonds is 3. The summed E-state index contributed by atoms with van der Waals surface area (Å²) in [6.07, 6.45) is 1.61. The second-order valence-corrected chi connectivity index (χ2v) is 6.89. The van der Waals surface area contributed by atoms with Gasteiger partial charge in [0, 0.05) is 18.2 Å². The molecule has 5 rings (SSSR count). The van der Waals surface area contributed by atoms with Crippen molar-refractivity contribution in [3.8, 4) is 16.9 Å². The van der Waals surface area contributed by atoms with Gasteiger partial charge in [0.2, 0.25) is 5.91 Å². The molecule has 0 unspecified atom stereocenters. The molecule has 0 bridgehead atoms. The Morgan fingerprint density at radius 3 is 2.73 bits per heavy atom. The summed E-state index contributed by atoms with van der Waals surface area (Å²) >= 11 is 0. The van der Waals surface area contributed by atoms with Crippen molar-refractivity contribution in [1.82, 2.24) is 24.5 Å². The van der Waals surface area contributed by atoms with Crippen molar-refractivity contribution in [3.63, 3.8) is 0 Å². The second kappa shape index (κ2) is 6.38. The number of amides is 1. The number of carbonyl (C=O) groups is 1. The Morgan fingerprint density at radius 2 is 1.97 bits per heavy atom. The average molecular weight is 402 g/mol. The topological polar surface area (TPSA) is 112 Å². The highest BCUT2D eigenvalue weighted by Gasteiger charge is 2.20. The minimum Gasteiger partial charge on any atom is -0.366 e. The van der Waals surface area contributed by atoms with Crippen LogP contribution in [-0.2, 0) is 7.05 Å². The standard InChI is InChI=1S/C21H15FN6O2/c1-27-20-15(10-24-27)18-16(17(25-20)11-4-2-5-12(8-11)19(23)29)21(30)28(26-18)14-7-3-6-13(22)9-14/h2-10,26H,1H3,(H2,23,29). The van der Waals surface area contributed by atoms with Crippen LogP contribution >= 0.6 is 0 Å². The Labute approximate surface area is 168 Å². The number of H-pyrrole nitrogens is 1. The van der Waals surface area contributed by atoms with Crippen LogP contribution in [0.1, 0.15) is 10.4 Å². The molecule has 3 aromatic heterocycles. The molecule has 8 nitrogen and oxygen atoms in total. The van der Waals surface area contributed by atoms with Gasteiger partial charge in [-0.1, -0.05) is 18.2 Å². The summed E-state index contributed by atoms with van der Waals surface area (Å²) < 4.78 is 16.6. The minimum absolute atomic E-state index is 0.300. The third kappa shape index (κ3) is 2.60. The molecule has 3 heterocycles. The molecule has 0 aliphatic carbocycles. The first-order valence-corrected chi connectivity index (χ1v) is 9.06. The van der Waals surface area contributed by atoms with E-state index in [-0.39, 0.29) is 0 Å². The molecular weight excluding hydrogens is 387 g/mol. The Morgan fingerprint density at radius 1 is 1.17 bits per heavy atom. The maximum absolute atomic E-state index is 13.8. The Kier molecular flexibility index (Phi) is 3.78. The fraction of sp³-hybridized carbons (Fsp3) is 0.0476. The van der Waals surface area contributed by atoms with Gasteiger partial charge in [-0.2, -0.15) is 5.10 Å². The highest BCUT2D eigenvalue weighted by molar-refractivity contribution is 6.08. The molecule has 1 amide bonds. The van der Waals surface area contributed by atoms with E-state index in [9.17, 15) is 14.0 Å². The molecule has 0 aliphatic rings. The number of halogens is 1. The number of carbonyl (C=O) groups excluding carboxylic acids is 1. The van der Waals surface area contributed by atoms with Crippen LogP contribution in [0.5, 0.6) is 0 Å². The summed E-state index contributed by atoms with van der Waals surface area (Å²) in [5, 5.41) is 8.26. The van der Waals surface area contributed by atoms with Gasteiger partial charge in [0.1, 0.15) is 5.82 Å². The lowest BCUT2D eigenvalue weighted by atomic mass is 10.0. The number of fused-ring (bicyclic) bond motifs is 3. The Bertz CT molecular complexity index is 1530. The molecule has 0 radical (unpaired) electrons. The molecule has 0 fully saturated rings. The predicted octanol–water partition coefficient (Wildman–Crippen LogP) is 2.51. The molecule has 9 heteroatoms. The van der Waals surface area contributed by atoms with Gasteiger partial charge in [0.15, 0.2) is 5.65 Å². The van der Waals surface area contributed by atoms with Gasteiger partial charge in [-0.3, -0.25) is 19.4 Å². The normalized spacial score (nSPS) is 11.4. The van der Waals surface area contributed by atoms with Crippen LogP contribution in [0.2, 0.25) is 0 Å². The fourth-order valence-electron chi connectivity index (χ4n) is 3.58. The maximum Gasteiger partial charge on any atom is 0.281 e. The van der Waals surface area contributed by atoms with E-state index in [4.69, 9.17) is 5.73 Å². The molecule has 2 aromatic carbocycles. The third-order valence-corrected chi connectivity index (χ3v) is 5.01. The highest BCUT2D eigenvalue weighted by Crippen LogP contribution is 2.30. The van der Waals surface area contributed by atoms with Crippen molar-refractivity contribution in [2.24, 2.45) is 12.8 Å². The van der Waals surface area contributed by atoms with Crippen molar-refractivity contribution in [2.75, 3.05) is 0 Å². The minimum atomic E-state index is -0.582. The van der Waals surface area contributed by atoms with Gasteiger partial charge >= 0.3 is 0 Å². The van der Waals surface area contributed by atoms with Crippen LogP contribution in [-0.4, -0.2) is 30.5 Å². The van der Waals surface area contributed by atoms with E-state index < -0.39 is 17.3 Å². The largest absolute Gasteiger partial charge is 0.366 e.